The van der Waals surface area contributed by atoms with E-state index in [1.807, 2.05) is 0 Å². The Kier molecular flexibility index (Phi) is 2.02. The van der Waals surface area contributed by atoms with Crippen LogP contribution in [0.3, 0.4) is 0 Å². The molecule has 0 aromatic carbocycles. The fourth-order valence-electron chi connectivity index (χ4n) is 1.01. The topological polar surface area (TPSA) is 73.0 Å². The van der Waals surface area contributed by atoms with E-state index in [1.54, 1.807) is 24.1 Å². The van der Waals surface area contributed by atoms with E-state index in [9.17, 15) is 4.79 Å². The molecule has 6 heteroatoms. The van der Waals surface area contributed by atoms with E-state index in [1.165, 1.54) is 12.3 Å². The van der Waals surface area contributed by atoms with Crippen LogP contribution in [-0.2, 0) is 7.05 Å². The summed E-state index contributed by atoms with van der Waals surface area (Å²) in [7, 11) is 1.77. The Hall–Kier alpha value is -2.11. The molecule has 0 aliphatic heterocycles. The van der Waals surface area contributed by atoms with Crippen LogP contribution in [0.1, 0.15) is 10.6 Å². The molecule has 1 N–H and O–H groups in total. The third-order valence-electron chi connectivity index (χ3n) is 1.62. The standard InChI is InChI=1S/C8H8N4O2/c1-12-5-6(4-9-12)11-8(13)7-2-3-10-14-7/h2-5H,1H3,(H,11,13). The van der Waals surface area contributed by atoms with Crippen LogP contribution in [0.15, 0.2) is 29.2 Å². The fraction of sp³-hybridized carbons (Fsp3) is 0.125. The highest BCUT2D eigenvalue weighted by Crippen LogP contribution is 2.06. The van der Waals surface area contributed by atoms with Crippen molar-refractivity contribution in [2.24, 2.45) is 7.05 Å². The van der Waals surface area contributed by atoms with Gasteiger partial charge in [-0.15, -0.1) is 0 Å². The van der Waals surface area contributed by atoms with Gasteiger partial charge < -0.3 is 9.84 Å². The zero-order chi connectivity index (χ0) is 9.97. The maximum atomic E-state index is 11.4. The monoisotopic (exact) mass is 192 g/mol. The van der Waals surface area contributed by atoms with Gasteiger partial charge in [-0.25, -0.2) is 0 Å². The maximum absolute atomic E-state index is 11.4. The van der Waals surface area contributed by atoms with Gasteiger partial charge in [0.25, 0.3) is 5.91 Å². The van der Waals surface area contributed by atoms with Crippen LogP contribution < -0.4 is 5.32 Å². The lowest BCUT2D eigenvalue weighted by Crippen LogP contribution is -2.10. The van der Waals surface area contributed by atoms with Crippen LogP contribution in [0.2, 0.25) is 0 Å². The SMILES string of the molecule is Cn1cc(NC(=O)c2ccno2)cn1. The summed E-state index contributed by atoms with van der Waals surface area (Å²) in [5, 5.41) is 9.95. The summed E-state index contributed by atoms with van der Waals surface area (Å²) in [6.45, 7) is 0. The van der Waals surface area contributed by atoms with Crippen LogP contribution in [0, 0.1) is 0 Å². The van der Waals surface area contributed by atoms with Gasteiger partial charge in [0.1, 0.15) is 0 Å². The Morgan fingerprint density at radius 2 is 2.50 bits per heavy atom. The summed E-state index contributed by atoms with van der Waals surface area (Å²) in [5.41, 5.74) is 0.619. The highest BCUT2D eigenvalue weighted by Gasteiger charge is 2.10. The second-order valence-corrected chi connectivity index (χ2v) is 2.73. The lowest BCUT2D eigenvalue weighted by Gasteiger charge is -1.96. The number of anilines is 1. The molecule has 6 nitrogen and oxygen atoms in total. The van der Waals surface area contributed by atoms with Crippen LogP contribution in [-0.4, -0.2) is 20.8 Å². The molecule has 0 aliphatic carbocycles. The molecule has 2 heterocycles. The minimum absolute atomic E-state index is 0.175. The predicted octanol–water partition coefficient (Wildman–Crippen LogP) is 0.660. The molecule has 2 aromatic heterocycles. The van der Waals surface area contributed by atoms with E-state index in [0.717, 1.165) is 0 Å². The number of rotatable bonds is 2. The van der Waals surface area contributed by atoms with Gasteiger partial charge in [0.2, 0.25) is 5.76 Å². The van der Waals surface area contributed by atoms with Gasteiger partial charge in [-0.2, -0.15) is 5.10 Å². The van der Waals surface area contributed by atoms with E-state index in [-0.39, 0.29) is 11.7 Å². The molecule has 0 aliphatic rings. The number of nitrogens with one attached hydrogen (secondary N) is 1. The normalized spacial score (nSPS) is 10.1. The average Bonchev–Trinajstić information content (AvgIpc) is 2.75. The van der Waals surface area contributed by atoms with Gasteiger partial charge >= 0.3 is 0 Å². The maximum Gasteiger partial charge on any atom is 0.294 e. The Morgan fingerprint density at radius 3 is 3.07 bits per heavy atom. The summed E-state index contributed by atoms with van der Waals surface area (Å²) < 4.78 is 6.28. The molecule has 1 amide bonds. The minimum Gasteiger partial charge on any atom is -0.351 e. The Labute approximate surface area is 79.5 Å². The molecule has 0 atom stereocenters. The number of carbonyl (C=O) groups is 1. The zero-order valence-electron chi connectivity index (χ0n) is 7.47. The van der Waals surface area contributed by atoms with Crippen LogP contribution in [0.4, 0.5) is 5.69 Å². The Bertz CT molecular complexity index is 432. The summed E-state index contributed by atoms with van der Waals surface area (Å²) in [6.07, 6.45) is 4.65. The van der Waals surface area contributed by atoms with Crippen LogP contribution in [0.5, 0.6) is 0 Å². The van der Waals surface area contributed by atoms with Gasteiger partial charge in [0.15, 0.2) is 0 Å². The lowest BCUT2D eigenvalue weighted by atomic mass is 10.4. The highest BCUT2D eigenvalue weighted by atomic mass is 16.5. The molecule has 72 valence electrons. The first-order valence-electron chi connectivity index (χ1n) is 3.96. The summed E-state index contributed by atoms with van der Waals surface area (Å²) in [6, 6.07) is 1.49. The van der Waals surface area contributed by atoms with Crippen molar-refractivity contribution in [2.45, 2.75) is 0 Å². The van der Waals surface area contributed by atoms with Crippen molar-refractivity contribution in [1.29, 1.82) is 0 Å². The molecule has 14 heavy (non-hydrogen) atoms. The molecule has 0 bridgehead atoms. The lowest BCUT2D eigenvalue weighted by molar-refractivity contribution is 0.0988. The van der Waals surface area contributed by atoms with Crippen LogP contribution in [0.25, 0.3) is 0 Å². The number of hydrogen-bond donors (Lipinski definition) is 1. The van der Waals surface area contributed by atoms with Crippen molar-refractivity contribution in [1.82, 2.24) is 14.9 Å². The molecule has 2 aromatic rings. The number of hydrogen-bond acceptors (Lipinski definition) is 4. The second-order valence-electron chi connectivity index (χ2n) is 2.73. The third-order valence-corrected chi connectivity index (χ3v) is 1.62. The first-order valence-corrected chi connectivity index (χ1v) is 3.96. The number of aryl methyl sites for hydroxylation is 1. The third kappa shape index (κ3) is 1.63. The quantitative estimate of drug-likeness (QED) is 0.758. The molecule has 0 unspecified atom stereocenters. The van der Waals surface area contributed by atoms with E-state index in [0.29, 0.717) is 5.69 Å². The van der Waals surface area contributed by atoms with E-state index < -0.39 is 0 Å². The summed E-state index contributed by atoms with van der Waals surface area (Å²) >= 11 is 0. The molecule has 0 saturated carbocycles. The van der Waals surface area contributed by atoms with Crippen molar-refractivity contribution in [2.75, 3.05) is 5.32 Å². The number of carbonyl (C=O) groups excluding carboxylic acids is 1. The van der Waals surface area contributed by atoms with Crippen LogP contribution >= 0.6 is 0 Å². The fourth-order valence-corrected chi connectivity index (χ4v) is 1.01. The van der Waals surface area contributed by atoms with Gasteiger partial charge in [0.05, 0.1) is 18.1 Å². The van der Waals surface area contributed by atoms with Crippen molar-refractivity contribution < 1.29 is 9.32 Å². The number of aromatic nitrogens is 3. The van der Waals surface area contributed by atoms with Crippen molar-refractivity contribution >= 4 is 11.6 Å². The zero-order valence-corrected chi connectivity index (χ0v) is 7.47. The molecule has 2 rings (SSSR count). The first kappa shape index (κ1) is 8.49. The molecule has 0 spiro atoms. The first-order chi connectivity index (χ1) is 6.75. The summed E-state index contributed by atoms with van der Waals surface area (Å²) in [5.74, 6) is -0.163. The molecule has 0 fully saturated rings. The van der Waals surface area contributed by atoms with Gasteiger partial charge in [-0.1, -0.05) is 5.16 Å². The van der Waals surface area contributed by atoms with Gasteiger partial charge in [0, 0.05) is 19.3 Å². The molecule has 0 saturated heterocycles. The van der Waals surface area contributed by atoms with Crippen molar-refractivity contribution in [3.63, 3.8) is 0 Å². The van der Waals surface area contributed by atoms with E-state index in [2.05, 4.69) is 20.1 Å². The second kappa shape index (κ2) is 3.33. The Balaban J connectivity index is 2.09. The number of amides is 1. The van der Waals surface area contributed by atoms with E-state index in [4.69, 9.17) is 0 Å². The molecular formula is C8H8N4O2. The van der Waals surface area contributed by atoms with Gasteiger partial charge in [-0.05, 0) is 0 Å². The van der Waals surface area contributed by atoms with E-state index >= 15 is 0 Å². The smallest absolute Gasteiger partial charge is 0.294 e. The highest BCUT2D eigenvalue weighted by molar-refractivity contribution is 6.01. The minimum atomic E-state index is -0.337. The number of nitrogens with zero attached hydrogens (tertiary/aromatic N) is 3. The van der Waals surface area contributed by atoms with Gasteiger partial charge in [-0.3, -0.25) is 9.48 Å². The predicted molar refractivity (Wildman–Crippen MR) is 47.7 cm³/mol. The molecular weight excluding hydrogens is 184 g/mol. The Morgan fingerprint density at radius 1 is 1.64 bits per heavy atom. The van der Waals surface area contributed by atoms with Crippen molar-refractivity contribution in [3.8, 4) is 0 Å². The largest absolute Gasteiger partial charge is 0.351 e. The average molecular weight is 192 g/mol. The molecule has 0 radical (unpaired) electrons. The summed E-state index contributed by atoms with van der Waals surface area (Å²) in [4.78, 5) is 11.4. The van der Waals surface area contributed by atoms with Crippen molar-refractivity contribution in [3.05, 3.63) is 30.4 Å².